The predicted molar refractivity (Wildman–Crippen MR) is 78.2 cm³/mol. The molecule has 1 aromatic carbocycles. The minimum atomic E-state index is -0.405. The summed E-state index contributed by atoms with van der Waals surface area (Å²) >= 11 is 11.9. The second kappa shape index (κ2) is 4.93. The van der Waals surface area contributed by atoms with Crippen molar-refractivity contribution in [1.82, 2.24) is 5.32 Å². The number of carbonyl (C=O) groups is 2. The molecule has 1 spiro atoms. The molecule has 1 aliphatic carbocycles. The number of benzene rings is 1. The van der Waals surface area contributed by atoms with E-state index in [9.17, 15) is 9.59 Å². The van der Waals surface area contributed by atoms with Gasteiger partial charge in [0.15, 0.2) is 0 Å². The van der Waals surface area contributed by atoms with Gasteiger partial charge in [-0.05, 0) is 36.5 Å². The zero-order valence-electron chi connectivity index (χ0n) is 10.8. The fraction of sp³-hybridized carbons (Fsp3) is 0.429. The highest BCUT2D eigenvalue weighted by Gasteiger charge is 2.44. The van der Waals surface area contributed by atoms with Crippen molar-refractivity contribution in [3.8, 4) is 0 Å². The van der Waals surface area contributed by atoms with E-state index in [1.165, 1.54) is 0 Å². The molecule has 0 radical (unpaired) electrons. The minimum absolute atomic E-state index is 0.0517. The monoisotopic (exact) mass is 312 g/mol. The maximum Gasteiger partial charge on any atom is 0.328 e. The average molecular weight is 313 g/mol. The Balaban J connectivity index is 1.94. The smallest absolute Gasteiger partial charge is 0.328 e. The SMILES string of the molecule is O=C1CC2(CCC2)CNC(=O)N1c1cc(Cl)cc(Cl)c1. The van der Waals surface area contributed by atoms with E-state index in [0.29, 0.717) is 28.7 Å². The highest BCUT2D eigenvalue weighted by atomic mass is 35.5. The molecule has 1 saturated heterocycles. The number of nitrogens with one attached hydrogen (secondary N) is 1. The van der Waals surface area contributed by atoms with E-state index >= 15 is 0 Å². The van der Waals surface area contributed by atoms with Gasteiger partial charge in [-0.15, -0.1) is 0 Å². The van der Waals surface area contributed by atoms with Gasteiger partial charge in [-0.3, -0.25) is 4.79 Å². The average Bonchev–Trinajstić information content (AvgIpc) is 2.44. The Labute approximate surface area is 127 Å². The largest absolute Gasteiger partial charge is 0.337 e. The second-order valence-electron chi connectivity index (χ2n) is 5.55. The van der Waals surface area contributed by atoms with Gasteiger partial charge in [-0.25, -0.2) is 9.69 Å². The Hall–Kier alpha value is -1.26. The van der Waals surface area contributed by atoms with E-state index in [4.69, 9.17) is 23.2 Å². The molecule has 106 valence electrons. The molecule has 1 saturated carbocycles. The molecule has 0 bridgehead atoms. The summed E-state index contributed by atoms with van der Waals surface area (Å²) in [4.78, 5) is 25.8. The van der Waals surface area contributed by atoms with Crippen LogP contribution in [0.5, 0.6) is 0 Å². The van der Waals surface area contributed by atoms with Crippen molar-refractivity contribution >= 4 is 40.8 Å². The summed E-state index contributed by atoms with van der Waals surface area (Å²) in [6, 6.07) is 4.31. The van der Waals surface area contributed by atoms with E-state index in [1.807, 2.05) is 0 Å². The molecule has 1 heterocycles. The van der Waals surface area contributed by atoms with E-state index in [0.717, 1.165) is 24.2 Å². The summed E-state index contributed by atoms with van der Waals surface area (Å²) < 4.78 is 0. The molecule has 3 rings (SSSR count). The van der Waals surface area contributed by atoms with Crippen LogP contribution in [0.25, 0.3) is 0 Å². The molecule has 1 N–H and O–H groups in total. The summed E-state index contributed by atoms with van der Waals surface area (Å²) in [7, 11) is 0. The van der Waals surface area contributed by atoms with Crippen LogP contribution < -0.4 is 10.2 Å². The quantitative estimate of drug-likeness (QED) is 0.861. The van der Waals surface area contributed by atoms with E-state index in [-0.39, 0.29) is 11.3 Å². The highest BCUT2D eigenvalue weighted by molar-refractivity contribution is 6.35. The van der Waals surface area contributed by atoms with Gasteiger partial charge >= 0.3 is 6.03 Å². The van der Waals surface area contributed by atoms with Gasteiger partial charge in [0.1, 0.15) is 0 Å². The Kier molecular flexibility index (Phi) is 3.38. The summed E-state index contributed by atoms with van der Waals surface area (Å²) in [5, 5.41) is 3.63. The van der Waals surface area contributed by atoms with Crippen molar-refractivity contribution in [3.05, 3.63) is 28.2 Å². The Morgan fingerprint density at radius 2 is 1.75 bits per heavy atom. The van der Waals surface area contributed by atoms with Crippen LogP contribution in [0.15, 0.2) is 18.2 Å². The Bertz CT molecular complexity index is 564. The molecule has 3 amide bonds. The van der Waals surface area contributed by atoms with Gasteiger partial charge in [-0.2, -0.15) is 0 Å². The third-order valence-corrected chi connectivity index (χ3v) is 4.55. The number of rotatable bonds is 1. The Morgan fingerprint density at radius 1 is 1.10 bits per heavy atom. The van der Waals surface area contributed by atoms with Gasteiger partial charge < -0.3 is 5.32 Å². The minimum Gasteiger partial charge on any atom is -0.337 e. The third-order valence-electron chi connectivity index (χ3n) is 4.11. The van der Waals surface area contributed by atoms with Crippen molar-refractivity contribution in [3.63, 3.8) is 0 Å². The summed E-state index contributed by atoms with van der Waals surface area (Å²) in [6.07, 6.45) is 3.48. The molecule has 1 aromatic rings. The van der Waals surface area contributed by atoms with Crippen molar-refractivity contribution < 1.29 is 9.59 Å². The number of imide groups is 1. The maximum absolute atomic E-state index is 12.4. The van der Waals surface area contributed by atoms with Gasteiger partial charge in [-0.1, -0.05) is 29.6 Å². The van der Waals surface area contributed by atoms with Crippen LogP contribution in [-0.4, -0.2) is 18.5 Å². The van der Waals surface area contributed by atoms with Crippen molar-refractivity contribution in [2.75, 3.05) is 11.4 Å². The van der Waals surface area contributed by atoms with Gasteiger partial charge in [0.2, 0.25) is 5.91 Å². The van der Waals surface area contributed by atoms with E-state index in [2.05, 4.69) is 5.32 Å². The van der Waals surface area contributed by atoms with Crippen LogP contribution in [0.4, 0.5) is 10.5 Å². The molecule has 4 nitrogen and oxygen atoms in total. The number of hydrogen-bond acceptors (Lipinski definition) is 2. The maximum atomic E-state index is 12.4. The number of amides is 3. The lowest BCUT2D eigenvalue weighted by Gasteiger charge is -2.39. The standard InChI is InChI=1S/C14H14Cl2N2O2/c15-9-4-10(16)6-11(5-9)18-12(19)7-14(2-1-3-14)8-17-13(18)20/h4-6H,1-3,7-8H2,(H,17,20). The molecule has 1 aliphatic heterocycles. The van der Waals surface area contributed by atoms with Crippen LogP contribution in [0.2, 0.25) is 10.0 Å². The van der Waals surface area contributed by atoms with Crippen LogP contribution in [0.3, 0.4) is 0 Å². The third kappa shape index (κ3) is 2.38. The normalized spacial score (nSPS) is 21.4. The number of hydrogen-bond donors (Lipinski definition) is 1. The van der Waals surface area contributed by atoms with Gasteiger partial charge in [0.05, 0.1) is 5.69 Å². The predicted octanol–water partition coefficient (Wildman–Crippen LogP) is 3.61. The fourth-order valence-electron chi connectivity index (χ4n) is 2.88. The zero-order chi connectivity index (χ0) is 14.3. The summed E-state index contributed by atoms with van der Waals surface area (Å²) in [5.41, 5.74) is 0.366. The van der Waals surface area contributed by atoms with E-state index in [1.54, 1.807) is 18.2 Å². The van der Waals surface area contributed by atoms with Crippen molar-refractivity contribution in [1.29, 1.82) is 0 Å². The number of urea groups is 1. The van der Waals surface area contributed by atoms with Crippen molar-refractivity contribution in [2.24, 2.45) is 5.41 Å². The molecule has 6 heteroatoms. The molecule has 2 fully saturated rings. The molecule has 2 aliphatic rings. The topological polar surface area (TPSA) is 49.4 Å². The van der Waals surface area contributed by atoms with Gasteiger partial charge in [0, 0.05) is 23.0 Å². The number of halogens is 2. The highest BCUT2D eigenvalue weighted by Crippen LogP contribution is 2.45. The van der Waals surface area contributed by atoms with Crippen LogP contribution >= 0.6 is 23.2 Å². The fourth-order valence-corrected chi connectivity index (χ4v) is 3.39. The van der Waals surface area contributed by atoms with Crippen LogP contribution in [-0.2, 0) is 4.79 Å². The van der Waals surface area contributed by atoms with Crippen molar-refractivity contribution in [2.45, 2.75) is 25.7 Å². The van der Waals surface area contributed by atoms with Crippen LogP contribution in [0, 0.1) is 5.41 Å². The first kappa shape index (κ1) is 13.7. The number of anilines is 1. The zero-order valence-corrected chi connectivity index (χ0v) is 12.3. The molecule has 0 aromatic heterocycles. The lowest BCUT2D eigenvalue weighted by atomic mass is 9.66. The molecule has 20 heavy (non-hydrogen) atoms. The number of carbonyl (C=O) groups excluding carboxylic acids is 2. The lowest BCUT2D eigenvalue weighted by Crippen LogP contribution is -2.42. The number of nitrogens with zero attached hydrogens (tertiary/aromatic N) is 1. The van der Waals surface area contributed by atoms with Gasteiger partial charge in [0.25, 0.3) is 0 Å². The summed E-state index contributed by atoms with van der Waals surface area (Å²) in [6.45, 7) is 0.558. The molecule has 0 unspecified atom stereocenters. The molecule has 0 atom stereocenters. The first-order valence-electron chi connectivity index (χ1n) is 6.56. The first-order chi connectivity index (χ1) is 9.49. The second-order valence-corrected chi connectivity index (χ2v) is 6.42. The van der Waals surface area contributed by atoms with E-state index < -0.39 is 6.03 Å². The first-order valence-corrected chi connectivity index (χ1v) is 7.32. The lowest BCUT2D eigenvalue weighted by molar-refractivity contribution is -0.120. The Morgan fingerprint density at radius 3 is 2.30 bits per heavy atom. The van der Waals surface area contributed by atoms with Crippen LogP contribution in [0.1, 0.15) is 25.7 Å². The summed E-state index contributed by atoms with van der Waals surface area (Å²) in [5.74, 6) is -0.196. The molecular weight excluding hydrogens is 299 g/mol. The molecular formula is C14H14Cl2N2O2.